The molecule has 0 aromatic heterocycles. The lowest BCUT2D eigenvalue weighted by molar-refractivity contribution is 0.163. The minimum Gasteiger partial charge on any atom is -0.396 e. The van der Waals surface area contributed by atoms with Crippen molar-refractivity contribution in [3.63, 3.8) is 0 Å². The number of hydrogen-bond donors (Lipinski definition) is 2. The van der Waals surface area contributed by atoms with Gasteiger partial charge < -0.3 is 15.3 Å². The van der Waals surface area contributed by atoms with Gasteiger partial charge in [-0.3, -0.25) is 0 Å². The van der Waals surface area contributed by atoms with E-state index in [1.807, 2.05) is 0 Å². The summed E-state index contributed by atoms with van der Waals surface area (Å²) in [6.45, 7) is 5.70. The second-order valence-corrected chi connectivity index (χ2v) is 11.3. The molecular weight excluding hydrogens is 488 g/mol. The number of benzene rings is 4. The molecule has 2 fully saturated rings. The maximum Gasteiger partial charge on any atom is 0.0443 e. The lowest BCUT2D eigenvalue weighted by Crippen LogP contribution is -2.43. The first-order chi connectivity index (χ1) is 19.8. The number of nitrogens with zero attached hydrogens (tertiary/aromatic N) is 1. The molecule has 4 aromatic rings. The number of likely N-dealkylation sites (tertiary alicyclic amines) is 1. The van der Waals surface area contributed by atoms with Gasteiger partial charge in [0.25, 0.3) is 0 Å². The first-order valence-electron chi connectivity index (χ1n) is 15.0. The Labute approximate surface area is 240 Å². The normalized spacial score (nSPS) is 18.3. The largest absolute Gasteiger partial charge is 0.396 e. The number of aliphatic hydroxyl groups excluding tert-OH is 1. The highest BCUT2D eigenvalue weighted by molar-refractivity contribution is 5.41. The fourth-order valence-corrected chi connectivity index (χ4v) is 6.82. The van der Waals surface area contributed by atoms with E-state index in [4.69, 9.17) is 5.11 Å². The summed E-state index contributed by atoms with van der Waals surface area (Å²) in [7, 11) is 0. The van der Waals surface area contributed by atoms with E-state index in [9.17, 15) is 0 Å². The molecule has 6 rings (SSSR count). The zero-order valence-corrected chi connectivity index (χ0v) is 23.7. The van der Waals surface area contributed by atoms with E-state index < -0.39 is 0 Å². The predicted octanol–water partition coefficient (Wildman–Crippen LogP) is 6.81. The fourth-order valence-electron chi connectivity index (χ4n) is 6.82. The maximum absolute atomic E-state index is 9.03. The van der Waals surface area contributed by atoms with Crippen LogP contribution < -0.4 is 5.32 Å². The highest BCUT2D eigenvalue weighted by Gasteiger charge is 2.37. The van der Waals surface area contributed by atoms with Gasteiger partial charge in [-0.1, -0.05) is 121 Å². The first kappa shape index (κ1) is 28.3. The fraction of sp³-hybridized carbons (Fsp3) is 0.351. The molecule has 2 saturated heterocycles. The Hall–Kier alpha value is -3.24. The molecule has 2 aliphatic rings. The second-order valence-electron chi connectivity index (χ2n) is 11.3. The molecule has 40 heavy (non-hydrogen) atoms. The van der Waals surface area contributed by atoms with Gasteiger partial charge in [0, 0.05) is 24.0 Å². The summed E-state index contributed by atoms with van der Waals surface area (Å²) in [6, 6.07) is 43.8. The number of aliphatic hydroxyl groups is 1. The summed E-state index contributed by atoms with van der Waals surface area (Å²) in [5.74, 6) is 0. The van der Waals surface area contributed by atoms with Crippen LogP contribution in [0.3, 0.4) is 0 Å². The standard InChI is InChI=1S/C20H25NO.C17H19N/c22-17-7-14-21-15-12-20(13-16-21,18-8-3-1-4-9-18)19-10-5-2-6-11-19;1-3-7-15(8-4-1)17(11-13-18-14-12-17)16-9-5-2-6-10-16/h1-6,8-11,22H,7,12-17H2;1-10,18H,11-14H2. The van der Waals surface area contributed by atoms with Crippen LogP contribution in [0.1, 0.15) is 54.4 Å². The Morgan fingerprint density at radius 2 is 0.875 bits per heavy atom. The molecule has 0 aliphatic carbocycles. The summed E-state index contributed by atoms with van der Waals surface area (Å²) in [5, 5.41) is 12.5. The van der Waals surface area contributed by atoms with Crippen molar-refractivity contribution < 1.29 is 5.11 Å². The van der Waals surface area contributed by atoms with Crippen molar-refractivity contribution in [2.24, 2.45) is 0 Å². The third kappa shape index (κ3) is 6.39. The monoisotopic (exact) mass is 532 g/mol. The van der Waals surface area contributed by atoms with Gasteiger partial charge in [-0.05, 0) is 80.5 Å². The number of piperidine rings is 2. The summed E-state index contributed by atoms with van der Waals surface area (Å²) in [5.41, 5.74) is 6.12. The van der Waals surface area contributed by atoms with Gasteiger partial charge in [0.2, 0.25) is 0 Å². The summed E-state index contributed by atoms with van der Waals surface area (Å²) in [4.78, 5) is 2.49. The lowest BCUT2D eigenvalue weighted by Gasteiger charge is -2.43. The highest BCUT2D eigenvalue weighted by Crippen LogP contribution is 2.42. The van der Waals surface area contributed by atoms with E-state index in [1.165, 1.54) is 35.1 Å². The van der Waals surface area contributed by atoms with Crippen LogP contribution in [-0.4, -0.2) is 49.3 Å². The number of nitrogens with one attached hydrogen (secondary N) is 1. The molecule has 0 unspecified atom stereocenters. The van der Waals surface area contributed by atoms with Crippen molar-refractivity contribution in [1.29, 1.82) is 0 Å². The van der Waals surface area contributed by atoms with Gasteiger partial charge in [0.15, 0.2) is 0 Å². The second kappa shape index (κ2) is 13.9. The Balaban J connectivity index is 0.000000164. The van der Waals surface area contributed by atoms with Crippen LogP contribution in [0.2, 0.25) is 0 Å². The van der Waals surface area contributed by atoms with Crippen molar-refractivity contribution in [3.8, 4) is 0 Å². The topological polar surface area (TPSA) is 35.5 Å². The van der Waals surface area contributed by atoms with Crippen LogP contribution in [-0.2, 0) is 10.8 Å². The van der Waals surface area contributed by atoms with E-state index in [0.717, 1.165) is 52.0 Å². The summed E-state index contributed by atoms with van der Waals surface area (Å²) < 4.78 is 0. The van der Waals surface area contributed by atoms with Crippen LogP contribution in [0.15, 0.2) is 121 Å². The van der Waals surface area contributed by atoms with Gasteiger partial charge in [-0.15, -0.1) is 0 Å². The van der Waals surface area contributed by atoms with E-state index >= 15 is 0 Å². The molecule has 0 atom stereocenters. The van der Waals surface area contributed by atoms with Crippen LogP contribution in [0.25, 0.3) is 0 Å². The van der Waals surface area contributed by atoms with E-state index in [0.29, 0.717) is 6.61 Å². The van der Waals surface area contributed by atoms with Gasteiger partial charge in [-0.25, -0.2) is 0 Å². The van der Waals surface area contributed by atoms with Crippen molar-refractivity contribution in [2.45, 2.75) is 42.9 Å². The zero-order valence-electron chi connectivity index (χ0n) is 23.7. The third-order valence-electron chi connectivity index (χ3n) is 9.10. The van der Waals surface area contributed by atoms with Gasteiger partial charge >= 0.3 is 0 Å². The third-order valence-corrected chi connectivity index (χ3v) is 9.10. The van der Waals surface area contributed by atoms with Crippen LogP contribution in [0.5, 0.6) is 0 Å². The molecule has 4 aromatic carbocycles. The van der Waals surface area contributed by atoms with E-state index in [-0.39, 0.29) is 10.8 Å². The molecule has 0 radical (unpaired) electrons. The summed E-state index contributed by atoms with van der Waals surface area (Å²) in [6.07, 6.45) is 5.53. The van der Waals surface area contributed by atoms with E-state index in [2.05, 4.69) is 132 Å². The van der Waals surface area contributed by atoms with Crippen molar-refractivity contribution >= 4 is 0 Å². The maximum atomic E-state index is 9.03. The number of hydrogen-bond acceptors (Lipinski definition) is 3. The van der Waals surface area contributed by atoms with Crippen molar-refractivity contribution in [1.82, 2.24) is 10.2 Å². The predicted molar refractivity (Wildman–Crippen MR) is 167 cm³/mol. The van der Waals surface area contributed by atoms with Gasteiger partial charge in [0.1, 0.15) is 0 Å². The minimum absolute atomic E-state index is 0.137. The van der Waals surface area contributed by atoms with Crippen LogP contribution >= 0.6 is 0 Å². The van der Waals surface area contributed by atoms with Crippen LogP contribution in [0, 0.1) is 0 Å². The Kier molecular flexibility index (Phi) is 9.83. The van der Waals surface area contributed by atoms with Gasteiger partial charge in [0.05, 0.1) is 0 Å². The quantitative estimate of drug-likeness (QED) is 0.275. The Bertz CT molecular complexity index is 1160. The molecule has 0 spiro atoms. The molecular formula is C37H44N2O. The van der Waals surface area contributed by atoms with Crippen LogP contribution in [0.4, 0.5) is 0 Å². The molecule has 2 heterocycles. The molecule has 0 bridgehead atoms. The number of rotatable bonds is 7. The average Bonchev–Trinajstić information content (AvgIpc) is 3.06. The minimum atomic E-state index is 0.137. The smallest absolute Gasteiger partial charge is 0.0443 e. The van der Waals surface area contributed by atoms with Crippen molar-refractivity contribution in [2.75, 3.05) is 39.3 Å². The highest BCUT2D eigenvalue weighted by atomic mass is 16.3. The molecule has 2 N–H and O–H groups in total. The average molecular weight is 533 g/mol. The Morgan fingerprint density at radius 3 is 1.23 bits per heavy atom. The lowest BCUT2D eigenvalue weighted by atomic mass is 9.68. The van der Waals surface area contributed by atoms with Gasteiger partial charge in [-0.2, -0.15) is 0 Å². The van der Waals surface area contributed by atoms with E-state index in [1.54, 1.807) is 0 Å². The molecule has 0 saturated carbocycles. The molecule has 3 nitrogen and oxygen atoms in total. The molecule has 0 amide bonds. The van der Waals surface area contributed by atoms with Crippen molar-refractivity contribution in [3.05, 3.63) is 144 Å². The molecule has 208 valence electrons. The molecule has 3 heteroatoms. The SMILES string of the molecule is OCCCN1CCC(c2ccccc2)(c2ccccc2)CC1.c1ccc(C2(c3ccccc3)CCNCC2)cc1. The summed E-state index contributed by atoms with van der Waals surface area (Å²) >= 11 is 0. The Morgan fingerprint density at radius 1 is 0.525 bits per heavy atom. The molecule has 2 aliphatic heterocycles. The first-order valence-corrected chi connectivity index (χ1v) is 15.0. The zero-order chi connectivity index (χ0) is 27.5.